The van der Waals surface area contributed by atoms with Crippen molar-refractivity contribution in [3.63, 3.8) is 0 Å². The van der Waals surface area contributed by atoms with Crippen LogP contribution in [0.1, 0.15) is 39.7 Å². The van der Waals surface area contributed by atoms with Gasteiger partial charge in [0.2, 0.25) is 0 Å². The van der Waals surface area contributed by atoms with Crippen LogP contribution in [0.25, 0.3) is 0 Å². The predicted octanol–water partition coefficient (Wildman–Crippen LogP) is 2.30. The van der Waals surface area contributed by atoms with Crippen LogP contribution in [0.3, 0.4) is 0 Å². The number of nitrogens with one attached hydrogen (secondary N) is 3. The highest BCUT2D eigenvalue weighted by molar-refractivity contribution is 5.79. The van der Waals surface area contributed by atoms with E-state index < -0.39 is 0 Å². The Kier molecular flexibility index (Phi) is 10.1. The highest BCUT2D eigenvalue weighted by Gasteiger charge is 2.03. The minimum absolute atomic E-state index is 0.0277. The van der Waals surface area contributed by atoms with Gasteiger partial charge in [0.1, 0.15) is 5.75 Å². The van der Waals surface area contributed by atoms with Gasteiger partial charge in [-0.3, -0.25) is 4.79 Å². The number of likely N-dealkylation sites (N-methyl/N-ethyl adjacent to an activating group) is 1. The molecule has 3 N–H and O–H groups in total. The van der Waals surface area contributed by atoms with Crippen LogP contribution in [0.5, 0.6) is 5.75 Å². The number of carbonyl (C=O) groups is 1. The van der Waals surface area contributed by atoms with Gasteiger partial charge in [0.15, 0.2) is 12.6 Å². The average Bonchev–Trinajstić information content (AvgIpc) is 2.58. The molecule has 6 nitrogen and oxygen atoms in total. The molecule has 140 valence electrons. The van der Waals surface area contributed by atoms with E-state index in [0.717, 1.165) is 31.0 Å². The Hall–Kier alpha value is -2.24. The van der Waals surface area contributed by atoms with Crippen molar-refractivity contribution in [1.82, 2.24) is 16.0 Å². The molecule has 1 rings (SSSR count). The number of benzene rings is 1. The molecule has 0 aliphatic heterocycles. The summed E-state index contributed by atoms with van der Waals surface area (Å²) in [6.07, 6.45) is 1.10. The molecule has 0 aliphatic carbocycles. The molecule has 1 aromatic rings. The summed E-state index contributed by atoms with van der Waals surface area (Å²) >= 11 is 0. The van der Waals surface area contributed by atoms with Gasteiger partial charge < -0.3 is 20.7 Å². The van der Waals surface area contributed by atoms with Gasteiger partial charge in [-0.2, -0.15) is 0 Å². The maximum absolute atomic E-state index is 11.5. The number of nitrogens with zero attached hydrogens (tertiary/aromatic N) is 1. The van der Waals surface area contributed by atoms with Crippen molar-refractivity contribution < 1.29 is 9.53 Å². The second-order valence-electron chi connectivity index (χ2n) is 6.19. The summed E-state index contributed by atoms with van der Waals surface area (Å²) in [5, 5.41) is 9.31. The van der Waals surface area contributed by atoms with Crippen LogP contribution in [0.2, 0.25) is 0 Å². The number of aliphatic imine (C=N–C) groups is 1. The lowest BCUT2D eigenvalue weighted by Crippen LogP contribution is -2.38. The molecule has 1 amide bonds. The molecule has 6 heteroatoms. The van der Waals surface area contributed by atoms with Gasteiger partial charge in [0.05, 0.1) is 6.54 Å². The number of hydrogen-bond acceptors (Lipinski definition) is 3. The Bertz CT molecular complexity index is 544. The third-order valence-electron chi connectivity index (χ3n) is 3.42. The standard InChI is InChI=1S/C19H32N4O2/c1-5-20-18(24)14-25-17-9-7-8-16(12-17)13-23-19(21-6-2)22-11-10-15(3)4/h7-9,12,15H,5-6,10-11,13-14H2,1-4H3,(H,20,24)(H2,21,22,23). The van der Waals surface area contributed by atoms with Crippen molar-refractivity contribution in [2.75, 3.05) is 26.2 Å². The molecule has 0 unspecified atom stereocenters. The van der Waals surface area contributed by atoms with E-state index in [0.29, 0.717) is 24.8 Å². The van der Waals surface area contributed by atoms with Crippen molar-refractivity contribution >= 4 is 11.9 Å². The van der Waals surface area contributed by atoms with Crippen LogP contribution < -0.4 is 20.7 Å². The maximum atomic E-state index is 11.5. The predicted molar refractivity (Wildman–Crippen MR) is 103 cm³/mol. The fraction of sp³-hybridized carbons (Fsp3) is 0.579. The van der Waals surface area contributed by atoms with E-state index >= 15 is 0 Å². The fourth-order valence-corrected chi connectivity index (χ4v) is 2.12. The van der Waals surface area contributed by atoms with Gasteiger partial charge in [-0.1, -0.05) is 26.0 Å². The summed E-state index contributed by atoms with van der Waals surface area (Å²) in [5.74, 6) is 2.04. The topological polar surface area (TPSA) is 74.8 Å². The monoisotopic (exact) mass is 348 g/mol. The first-order chi connectivity index (χ1) is 12.0. The fourth-order valence-electron chi connectivity index (χ4n) is 2.12. The first-order valence-corrected chi connectivity index (χ1v) is 9.05. The van der Waals surface area contributed by atoms with Crippen LogP contribution in [0.15, 0.2) is 29.3 Å². The van der Waals surface area contributed by atoms with Gasteiger partial charge in [0.25, 0.3) is 5.91 Å². The Labute approximate surface area is 151 Å². The molecule has 1 aromatic carbocycles. The molecule has 0 heterocycles. The average molecular weight is 348 g/mol. The number of hydrogen-bond donors (Lipinski definition) is 3. The number of amides is 1. The van der Waals surface area contributed by atoms with E-state index in [-0.39, 0.29) is 12.5 Å². The first kappa shape index (κ1) is 20.8. The summed E-state index contributed by atoms with van der Waals surface area (Å²) in [7, 11) is 0. The summed E-state index contributed by atoms with van der Waals surface area (Å²) in [6, 6.07) is 7.68. The van der Waals surface area contributed by atoms with Crippen molar-refractivity contribution in [3.05, 3.63) is 29.8 Å². The SMILES string of the molecule is CCNC(=O)COc1cccc(CN=C(NCC)NCCC(C)C)c1. The molecular weight excluding hydrogens is 316 g/mol. The highest BCUT2D eigenvalue weighted by atomic mass is 16.5. The smallest absolute Gasteiger partial charge is 0.257 e. The molecule has 0 saturated carbocycles. The van der Waals surface area contributed by atoms with Crippen LogP contribution in [0, 0.1) is 5.92 Å². The van der Waals surface area contributed by atoms with Crippen molar-refractivity contribution in [2.24, 2.45) is 10.9 Å². The zero-order valence-electron chi connectivity index (χ0n) is 15.9. The molecular formula is C19H32N4O2. The first-order valence-electron chi connectivity index (χ1n) is 9.05. The van der Waals surface area contributed by atoms with Crippen LogP contribution in [-0.2, 0) is 11.3 Å². The van der Waals surface area contributed by atoms with Gasteiger partial charge >= 0.3 is 0 Å². The lowest BCUT2D eigenvalue weighted by Gasteiger charge is -2.12. The minimum atomic E-state index is -0.116. The summed E-state index contributed by atoms with van der Waals surface area (Å²) in [6.45, 7) is 11.3. The quantitative estimate of drug-likeness (QED) is 0.448. The Morgan fingerprint density at radius 2 is 1.92 bits per heavy atom. The highest BCUT2D eigenvalue weighted by Crippen LogP contribution is 2.14. The van der Waals surface area contributed by atoms with Crippen molar-refractivity contribution in [3.8, 4) is 5.75 Å². The Morgan fingerprint density at radius 3 is 2.60 bits per heavy atom. The number of carbonyl (C=O) groups excluding carboxylic acids is 1. The molecule has 0 atom stereocenters. The molecule has 0 radical (unpaired) electrons. The lowest BCUT2D eigenvalue weighted by atomic mass is 10.1. The van der Waals surface area contributed by atoms with E-state index in [2.05, 4.69) is 41.7 Å². The summed E-state index contributed by atoms with van der Waals surface area (Å²) < 4.78 is 5.51. The van der Waals surface area contributed by atoms with E-state index in [9.17, 15) is 4.79 Å². The molecule has 25 heavy (non-hydrogen) atoms. The van der Waals surface area contributed by atoms with Crippen LogP contribution >= 0.6 is 0 Å². The van der Waals surface area contributed by atoms with Crippen LogP contribution in [-0.4, -0.2) is 38.1 Å². The van der Waals surface area contributed by atoms with E-state index in [4.69, 9.17) is 4.74 Å². The van der Waals surface area contributed by atoms with E-state index in [1.807, 2.05) is 31.2 Å². The Morgan fingerprint density at radius 1 is 1.16 bits per heavy atom. The number of guanidine groups is 1. The maximum Gasteiger partial charge on any atom is 0.257 e. The molecule has 0 spiro atoms. The third kappa shape index (κ3) is 9.59. The van der Waals surface area contributed by atoms with Gasteiger partial charge in [-0.15, -0.1) is 0 Å². The van der Waals surface area contributed by atoms with Gasteiger partial charge in [-0.05, 0) is 43.9 Å². The third-order valence-corrected chi connectivity index (χ3v) is 3.42. The van der Waals surface area contributed by atoms with E-state index in [1.165, 1.54) is 0 Å². The second kappa shape index (κ2) is 12.2. The zero-order valence-corrected chi connectivity index (χ0v) is 15.9. The normalized spacial score (nSPS) is 11.3. The van der Waals surface area contributed by atoms with Crippen molar-refractivity contribution in [2.45, 2.75) is 40.7 Å². The summed E-state index contributed by atoms with van der Waals surface area (Å²) in [4.78, 5) is 16.1. The van der Waals surface area contributed by atoms with E-state index in [1.54, 1.807) is 0 Å². The van der Waals surface area contributed by atoms with Crippen molar-refractivity contribution in [1.29, 1.82) is 0 Å². The molecule has 0 fully saturated rings. The lowest BCUT2D eigenvalue weighted by molar-refractivity contribution is -0.122. The van der Waals surface area contributed by atoms with Gasteiger partial charge in [-0.25, -0.2) is 4.99 Å². The zero-order chi connectivity index (χ0) is 18.5. The number of ether oxygens (including phenoxy) is 1. The largest absolute Gasteiger partial charge is 0.484 e. The minimum Gasteiger partial charge on any atom is -0.484 e. The summed E-state index contributed by atoms with van der Waals surface area (Å²) in [5.41, 5.74) is 1.04. The second-order valence-corrected chi connectivity index (χ2v) is 6.19. The number of rotatable bonds is 10. The molecule has 0 saturated heterocycles. The molecule has 0 aromatic heterocycles. The Balaban J connectivity index is 2.57. The molecule has 0 bridgehead atoms. The van der Waals surface area contributed by atoms with Crippen LogP contribution in [0.4, 0.5) is 0 Å². The molecule has 0 aliphatic rings. The van der Waals surface area contributed by atoms with Gasteiger partial charge in [0, 0.05) is 19.6 Å².